The van der Waals surface area contributed by atoms with Gasteiger partial charge in [-0.15, -0.1) is 0 Å². The summed E-state index contributed by atoms with van der Waals surface area (Å²) in [5.74, 6) is 0.818. The first-order valence-electron chi connectivity index (χ1n) is 7.07. The molecule has 0 radical (unpaired) electrons. The predicted molar refractivity (Wildman–Crippen MR) is 83.0 cm³/mol. The summed E-state index contributed by atoms with van der Waals surface area (Å²) in [7, 11) is 0. The molecule has 0 atom stereocenters. The molecule has 0 spiro atoms. The fourth-order valence-corrected chi connectivity index (χ4v) is 2.64. The highest BCUT2D eigenvalue weighted by atomic mass is 35.5. The topological polar surface area (TPSA) is 20.3 Å². The molecule has 106 valence electrons. The van der Waals surface area contributed by atoms with Crippen molar-refractivity contribution in [2.24, 2.45) is 5.92 Å². The monoisotopic (exact) mass is 309 g/mol. The highest BCUT2D eigenvalue weighted by molar-refractivity contribution is 6.34. The van der Waals surface area contributed by atoms with Gasteiger partial charge < -0.3 is 4.90 Å². The van der Waals surface area contributed by atoms with Crippen molar-refractivity contribution >= 4 is 35.2 Å². The van der Waals surface area contributed by atoms with Crippen LogP contribution < -0.4 is 0 Å². The van der Waals surface area contributed by atoms with Crippen LogP contribution in [-0.2, 0) is 4.79 Å². The highest BCUT2D eigenvalue weighted by Crippen LogP contribution is 2.35. The van der Waals surface area contributed by atoms with E-state index in [4.69, 9.17) is 23.2 Å². The number of benzene rings is 1. The molecule has 2 aliphatic rings. The second-order valence-corrected chi connectivity index (χ2v) is 6.51. The highest BCUT2D eigenvalue weighted by Gasteiger charge is 2.35. The van der Waals surface area contributed by atoms with E-state index in [9.17, 15) is 4.79 Å². The van der Waals surface area contributed by atoms with E-state index in [1.54, 1.807) is 30.4 Å². The Balaban J connectivity index is 1.69. The minimum absolute atomic E-state index is 0.0930. The van der Waals surface area contributed by atoms with Crippen LogP contribution >= 0.6 is 23.2 Å². The van der Waals surface area contributed by atoms with Crippen molar-refractivity contribution in [2.45, 2.75) is 31.7 Å². The molecule has 0 aliphatic heterocycles. The maximum Gasteiger partial charge on any atom is 0.246 e. The molecule has 1 aromatic rings. The molecule has 0 bridgehead atoms. The Morgan fingerprint density at radius 2 is 2.00 bits per heavy atom. The molecule has 0 aromatic heterocycles. The van der Waals surface area contributed by atoms with Gasteiger partial charge in [0.15, 0.2) is 0 Å². The van der Waals surface area contributed by atoms with Gasteiger partial charge >= 0.3 is 0 Å². The van der Waals surface area contributed by atoms with Crippen molar-refractivity contribution < 1.29 is 4.79 Å². The first-order valence-corrected chi connectivity index (χ1v) is 7.83. The average molecular weight is 310 g/mol. The number of amides is 1. The van der Waals surface area contributed by atoms with Crippen LogP contribution in [0.1, 0.15) is 31.2 Å². The summed E-state index contributed by atoms with van der Waals surface area (Å²) < 4.78 is 0. The Morgan fingerprint density at radius 1 is 1.25 bits per heavy atom. The standard InChI is InChI=1S/C16H17Cl2NO/c17-13-4-7-15(18)12(9-13)3-8-16(20)19(14-5-6-14)10-11-1-2-11/h3-4,7-9,11,14H,1-2,5-6,10H2/b8-3+. The number of hydrogen-bond donors (Lipinski definition) is 0. The minimum atomic E-state index is 0.0930. The van der Waals surface area contributed by atoms with Crippen LogP contribution in [0.25, 0.3) is 6.08 Å². The Hall–Kier alpha value is -0.990. The minimum Gasteiger partial charge on any atom is -0.336 e. The van der Waals surface area contributed by atoms with Gasteiger partial charge in [0.25, 0.3) is 0 Å². The van der Waals surface area contributed by atoms with Crippen LogP contribution in [0.3, 0.4) is 0 Å². The van der Waals surface area contributed by atoms with Gasteiger partial charge in [-0.1, -0.05) is 23.2 Å². The summed E-state index contributed by atoms with van der Waals surface area (Å²) in [5, 5.41) is 1.23. The largest absolute Gasteiger partial charge is 0.336 e. The number of rotatable bonds is 5. The predicted octanol–water partition coefficient (Wildman–Crippen LogP) is 4.41. The van der Waals surface area contributed by atoms with E-state index in [0.29, 0.717) is 16.1 Å². The van der Waals surface area contributed by atoms with Crippen molar-refractivity contribution in [1.82, 2.24) is 4.90 Å². The third-order valence-electron chi connectivity index (χ3n) is 3.79. The molecule has 1 amide bonds. The van der Waals surface area contributed by atoms with Gasteiger partial charge in [-0.2, -0.15) is 0 Å². The van der Waals surface area contributed by atoms with Crippen LogP contribution in [-0.4, -0.2) is 23.4 Å². The summed E-state index contributed by atoms with van der Waals surface area (Å²) >= 11 is 12.0. The number of carbonyl (C=O) groups excluding carboxylic acids is 1. The lowest BCUT2D eigenvalue weighted by atomic mass is 10.2. The molecular weight excluding hydrogens is 293 g/mol. The molecule has 3 rings (SSSR count). The summed E-state index contributed by atoms with van der Waals surface area (Å²) in [6, 6.07) is 5.72. The van der Waals surface area contributed by atoms with Gasteiger partial charge in [-0.05, 0) is 61.4 Å². The second kappa shape index (κ2) is 5.79. The van der Waals surface area contributed by atoms with Crippen LogP contribution in [0.15, 0.2) is 24.3 Å². The van der Waals surface area contributed by atoms with E-state index in [1.165, 1.54) is 12.8 Å². The molecule has 20 heavy (non-hydrogen) atoms. The normalized spacial score (nSPS) is 18.5. The second-order valence-electron chi connectivity index (χ2n) is 5.66. The van der Waals surface area contributed by atoms with Crippen molar-refractivity contribution in [2.75, 3.05) is 6.54 Å². The van der Waals surface area contributed by atoms with Gasteiger partial charge in [0.05, 0.1) is 0 Å². The van der Waals surface area contributed by atoms with Gasteiger partial charge in [0.1, 0.15) is 0 Å². The zero-order valence-electron chi connectivity index (χ0n) is 11.2. The van der Waals surface area contributed by atoms with Gasteiger partial charge in [-0.25, -0.2) is 0 Å². The van der Waals surface area contributed by atoms with Crippen LogP contribution in [0.5, 0.6) is 0 Å². The first kappa shape index (κ1) is 14.0. The zero-order valence-corrected chi connectivity index (χ0v) is 12.7. The van der Waals surface area contributed by atoms with E-state index >= 15 is 0 Å². The molecule has 2 nitrogen and oxygen atoms in total. The summed E-state index contributed by atoms with van der Waals surface area (Å²) in [6.07, 6.45) is 8.20. The number of hydrogen-bond acceptors (Lipinski definition) is 1. The number of carbonyl (C=O) groups is 1. The van der Waals surface area contributed by atoms with Gasteiger partial charge in [0, 0.05) is 28.7 Å². The summed E-state index contributed by atoms with van der Waals surface area (Å²) in [6.45, 7) is 0.914. The lowest BCUT2D eigenvalue weighted by Crippen LogP contribution is -2.33. The van der Waals surface area contributed by atoms with Crippen LogP contribution in [0.2, 0.25) is 10.0 Å². The Morgan fingerprint density at radius 3 is 2.65 bits per heavy atom. The van der Waals surface area contributed by atoms with Crippen LogP contribution in [0.4, 0.5) is 0 Å². The molecule has 4 heteroatoms. The number of nitrogens with zero attached hydrogens (tertiary/aromatic N) is 1. The summed E-state index contributed by atoms with van der Waals surface area (Å²) in [5.41, 5.74) is 0.787. The van der Waals surface area contributed by atoms with Gasteiger partial charge in [0.2, 0.25) is 5.91 Å². The molecule has 1 aromatic carbocycles. The molecule has 0 N–H and O–H groups in total. The van der Waals surface area contributed by atoms with E-state index < -0.39 is 0 Å². The quantitative estimate of drug-likeness (QED) is 0.738. The third-order valence-corrected chi connectivity index (χ3v) is 4.37. The molecular formula is C16H17Cl2NO. The van der Waals surface area contributed by atoms with Crippen molar-refractivity contribution in [3.8, 4) is 0 Å². The van der Waals surface area contributed by atoms with E-state index in [1.807, 2.05) is 4.90 Å². The van der Waals surface area contributed by atoms with Crippen molar-refractivity contribution in [3.63, 3.8) is 0 Å². The third kappa shape index (κ3) is 3.56. The first-order chi connectivity index (χ1) is 9.63. The van der Waals surface area contributed by atoms with E-state index in [-0.39, 0.29) is 5.91 Å². The number of halogens is 2. The smallest absolute Gasteiger partial charge is 0.246 e. The average Bonchev–Trinajstić information content (AvgIpc) is 3.28. The SMILES string of the molecule is O=C(/C=C/c1cc(Cl)ccc1Cl)N(CC1CC1)C1CC1. The molecule has 0 heterocycles. The lowest BCUT2D eigenvalue weighted by Gasteiger charge is -2.20. The van der Waals surface area contributed by atoms with Crippen LogP contribution in [0, 0.1) is 5.92 Å². The molecule has 2 fully saturated rings. The molecule has 2 saturated carbocycles. The fraction of sp³-hybridized carbons (Fsp3) is 0.438. The van der Waals surface area contributed by atoms with Crippen molar-refractivity contribution in [3.05, 3.63) is 39.9 Å². The maximum absolute atomic E-state index is 12.3. The zero-order chi connectivity index (χ0) is 14.1. The van der Waals surface area contributed by atoms with E-state index in [2.05, 4.69) is 0 Å². The van der Waals surface area contributed by atoms with E-state index in [0.717, 1.165) is 30.9 Å². The Labute approximate surface area is 129 Å². The maximum atomic E-state index is 12.3. The summed E-state index contributed by atoms with van der Waals surface area (Å²) in [4.78, 5) is 14.3. The molecule has 2 aliphatic carbocycles. The Kier molecular flexibility index (Phi) is 4.04. The molecule has 0 saturated heterocycles. The molecule has 0 unspecified atom stereocenters. The lowest BCUT2D eigenvalue weighted by molar-refractivity contribution is -0.126. The van der Waals surface area contributed by atoms with Gasteiger partial charge in [-0.3, -0.25) is 4.79 Å². The fourth-order valence-electron chi connectivity index (χ4n) is 2.28. The van der Waals surface area contributed by atoms with Crippen molar-refractivity contribution in [1.29, 1.82) is 0 Å². The Bertz CT molecular complexity index is 547.